The Morgan fingerprint density at radius 3 is 2.64 bits per heavy atom. The van der Waals surface area contributed by atoms with E-state index in [2.05, 4.69) is 0 Å². The van der Waals surface area contributed by atoms with Gasteiger partial charge in [0.25, 0.3) is 0 Å². The normalized spacial score (nSPS) is 25.6. The first-order valence-electron chi connectivity index (χ1n) is 4.91. The number of Topliss-reactive ketones (excluding diaryl/α,β-unsaturated/α-hetero) is 1. The molecule has 0 saturated heterocycles. The number of rotatable bonds is 1. The van der Waals surface area contributed by atoms with Crippen LogP contribution in [0, 0.1) is 5.92 Å². The molecule has 0 heterocycles. The van der Waals surface area contributed by atoms with Gasteiger partial charge in [-0.2, -0.15) is 0 Å². The highest BCUT2D eigenvalue weighted by Gasteiger charge is 2.43. The van der Waals surface area contributed by atoms with E-state index in [0.717, 1.165) is 5.56 Å². The van der Waals surface area contributed by atoms with Gasteiger partial charge in [-0.15, -0.1) is 0 Å². The average Bonchev–Trinajstić information content (AvgIpc) is 2.42. The van der Waals surface area contributed by atoms with E-state index < -0.39 is 5.60 Å². The molecule has 1 unspecified atom stereocenters. The lowest BCUT2D eigenvalue weighted by Gasteiger charge is -2.27. The van der Waals surface area contributed by atoms with Crippen LogP contribution in [0.15, 0.2) is 24.3 Å². The van der Waals surface area contributed by atoms with E-state index in [1.54, 1.807) is 6.07 Å². The third-order valence-electron chi connectivity index (χ3n) is 3.08. The van der Waals surface area contributed by atoms with Crippen LogP contribution in [0.2, 0.25) is 0 Å². The van der Waals surface area contributed by atoms with Gasteiger partial charge < -0.3 is 5.11 Å². The zero-order valence-corrected chi connectivity index (χ0v) is 8.45. The van der Waals surface area contributed by atoms with Crippen LogP contribution in [0.4, 0.5) is 0 Å². The maximum absolute atomic E-state index is 11.6. The molecule has 1 atom stereocenters. The van der Waals surface area contributed by atoms with Gasteiger partial charge in [0.15, 0.2) is 5.78 Å². The summed E-state index contributed by atoms with van der Waals surface area (Å²) in [4.78, 5) is 11.6. The number of carbonyl (C=O) groups is 1. The van der Waals surface area contributed by atoms with Crippen molar-refractivity contribution in [3.8, 4) is 0 Å². The van der Waals surface area contributed by atoms with Crippen molar-refractivity contribution in [1.82, 2.24) is 0 Å². The molecule has 0 aromatic heterocycles. The maximum Gasteiger partial charge on any atom is 0.166 e. The summed E-state index contributed by atoms with van der Waals surface area (Å²) in [5, 5.41) is 10.4. The summed E-state index contributed by atoms with van der Waals surface area (Å²) in [5.74, 6) is 0.118. The Labute approximate surface area is 83.6 Å². The molecule has 2 nitrogen and oxygen atoms in total. The van der Waals surface area contributed by atoms with Crippen molar-refractivity contribution in [1.29, 1.82) is 0 Å². The molecule has 0 saturated carbocycles. The molecule has 74 valence electrons. The molecular formula is C12H14O2. The molecule has 2 heteroatoms. The molecule has 0 fully saturated rings. The van der Waals surface area contributed by atoms with Gasteiger partial charge in [-0.05, 0) is 11.5 Å². The van der Waals surface area contributed by atoms with E-state index in [1.165, 1.54) is 0 Å². The minimum atomic E-state index is -0.951. The van der Waals surface area contributed by atoms with E-state index in [4.69, 9.17) is 0 Å². The van der Waals surface area contributed by atoms with Gasteiger partial charge >= 0.3 is 0 Å². The van der Waals surface area contributed by atoms with Crippen LogP contribution < -0.4 is 0 Å². The summed E-state index contributed by atoms with van der Waals surface area (Å²) in [5.41, 5.74) is 0.525. The monoisotopic (exact) mass is 190 g/mol. The van der Waals surface area contributed by atoms with E-state index in [-0.39, 0.29) is 18.1 Å². The maximum atomic E-state index is 11.6. The van der Waals surface area contributed by atoms with Crippen molar-refractivity contribution in [3.05, 3.63) is 35.4 Å². The Kier molecular flexibility index (Phi) is 1.96. The Morgan fingerprint density at radius 1 is 1.36 bits per heavy atom. The Balaban J connectivity index is 2.59. The lowest BCUT2D eigenvalue weighted by atomic mass is 9.85. The molecule has 0 amide bonds. The minimum Gasteiger partial charge on any atom is -0.384 e. The number of aliphatic hydroxyl groups is 1. The third kappa shape index (κ3) is 1.11. The Hall–Kier alpha value is -1.15. The van der Waals surface area contributed by atoms with E-state index in [9.17, 15) is 9.90 Å². The second kappa shape index (κ2) is 2.92. The summed E-state index contributed by atoms with van der Waals surface area (Å²) in [6.07, 6.45) is 0.226. The van der Waals surface area contributed by atoms with Crippen LogP contribution >= 0.6 is 0 Å². The SMILES string of the molecule is CC(C)C1(O)CC(=O)c2ccccc21. The summed E-state index contributed by atoms with van der Waals surface area (Å²) < 4.78 is 0. The van der Waals surface area contributed by atoms with Crippen LogP contribution in [0.3, 0.4) is 0 Å². The van der Waals surface area contributed by atoms with Crippen molar-refractivity contribution in [2.45, 2.75) is 25.9 Å². The first-order chi connectivity index (χ1) is 6.55. The highest BCUT2D eigenvalue weighted by atomic mass is 16.3. The van der Waals surface area contributed by atoms with Gasteiger partial charge in [0.2, 0.25) is 0 Å². The number of hydrogen-bond acceptors (Lipinski definition) is 2. The first kappa shape index (κ1) is 9.41. The van der Waals surface area contributed by atoms with Crippen molar-refractivity contribution >= 4 is 5.78 Å². The fraction of sp³-hybridized carbons (Fsp3) is 0.417. The predicted molar refractivity (Wildman–Crippen MR) is 54.1 cm³/mol. The fourth-order valence-corrected chi connectivity index (χ4v) is 2.05. The predicted octanol–water partition coefficient (Wildman–Crippen LogP) is 2.12. The Morgan fingerprint density at radius 2 is 2.00 bits per heavy atom. The highest BCUT2D eigenvalue weighted by molar-refractivity contribution is 6.01. The molecule has 0 spiro atoms. The molecular weight excluding hydrogens is 176 g/mol. The van der Waals surface area contributed by atoms with E-state index >= 15 is 0 Å². The fourth-order valence-electron chi connectivity index (χ4n) is 2.05. The van der Waals surface area contributed by atoms with Gasteiger partial charge in [0, 0.05) is 12.0 Å². The molecule has 0 radical (unpaired) electrons. The molecule has 1 aromatic rings. The van der Waals surface area contributed by atoms with Crippen LogP contribution in [0.5, 0.6) is 0 Å². The summed E-state index contributed by atoms with van der Waals surface area (Å²) in [7, 11) is 0. The van der Waals surface area contributed by atoms with E-state index in [1.807, 2.05) is 32.0 Å². The molecule has 1 aromatic carbocycles. The number of ketones is 1. The summed E-state index contributed by atoms with van der Waals surface area (Å²) >= 11 is 0. The quantitative estimate of drug-likeness (QED) is 0.736. The summed E-state index contributed by atoms with van der Waals surface area (Å²) in [6.45, 7) is 3.88. The first-order valence-corrected chi connectivity index (χ1v) is 4.91. The van der Waals surface area contributed by atoms with Gasteiger partial charge in [0.1, 0.15) is 0 Å². The second-order valence-corrected chi connectivity index (χ2v) is 4.22. The molecule has 14 heavy (non-hydrogen) atoms. The van der Waals surface area contributed by atoms with Crippen LogP contribution in [-0.4, -0.2) is 10.9 Å². The van der Waals surface area contributed by atoms with Gasteiger partial charge in [-0.25, -0.2) is 0 Å². The van der Waals surface area contributed by atoms with Crippen LogP contribution in [-0.2, 0) is 5.60 Å². The highest BCUT2D eigenvalue weighted by Crippen LogP contribution is 2.41. The second-order valence-electron chi connectivity index (χ2n) is 4.22. The number of carbonyl (C=O) groups excluding carboxylic acids is 1. The Bertz CT molecular complexity index is 382. The van der Waals surface area contributed by atoms with Gasteiger partial charge in [0.05, 0.1) is 5.60 Å². The lowest BCUT2D eigenvalue weighted by Crippen LogP contribution is -2.29. The molecule has 2 rings (SSSR count). The van der Waals surface area contributed by atoms with E-state index in [0.29, 0.717) is 5.56 Å². The van der Waals surface area contributed by atoms with Gasteiger partial charge in [-0.1, -0.05) is 38.1 Å². The average molecular weight is 190 g/mol. The smallest absolute Gasteiger partial charge is 0.166 e. The van der Waals surface area contributed by atoms with Crippen molar-refractivity contribution in [3.63, 3.8) is 0 Å². The number of fused-ring (bicyclic) bond motifs is 1. The molecule has 1 aliphatic carbocycles. The van der Waals surface area contributed by atoms with Crippen LogP contribution in [0.1, 0.15) is 36.2 Å². The van der Waals surface area contributed by atoms with Crippen molar-refractivity contribution in [2.75, 3.05) is 0 Å². The standard InChI is InChI=1S/C12H14O2/c1-8(2)12(14)7-11(13)9-5-3-4-6-10(9)12/h3-6,8,14H,7H2,1-2H3. The zero-order valence-electron chi connectivity index (χ0n) is 8.45. The number of benzene rings is 1. The van der Waals surface area contributed by atoms with Crippen molar-refractivity contribution in [2.24, 2.45) is 5.92 Å². The lowest BCUT2D eigenvalue weighted by molar-refractivity contribution is -0.00527. The molecule has 0 bridgehead atoms. The molecule has 1 aliphatic rings. The molecule has 0 aliphatic heterocycles. The minimum absolute atomic E-state index is 0.0526. The van der Waals surface area contributed by atoms with Gasteiger partial charge in [-0.3, -0.25) is 4.79 Å². The van der Waals surface area contributed by atoms with Crippen molar-refractivity contribution < 1.29 is 9.90 Å². The van der Waals surface area contributed by atoms with Crippen LogP contribution in [0.25, 0.3) is 0 Å². The number of hydrogen-bond donors (Lipinski definition) is 1. The molecule has 1 N–H and O–H groups in total. The topological polar surface area (TPSA) is 37.3 Å². The third-order valence-corrected chi connectivity index (χ3v) is 3.08. The largest absolute Gasteiger partial charge is 0.384 e. The zero-order chi connectivity index (χ0) is 10.3. The summed E-state index contributed by atoms with van der Waals surface area (Å²) in [6, 6.07) is 7.34.